The Morgan fingerprint density at radius 3 is 2.26 bits per heavy atom. The van der Waals surface area contributed by atoms with Crippen molar-refractivity contribution in [2.45, 2.75) is 29.7 Å². The second kappa shape index (κ2) is 6.81. The van der Waals surface area contributed by atoms with Crippen molar-refractivity contribution in [3.05, 3.63) is 59.9 Å². The first-order valence-electron chi connectivity index (χ1n) is 8.78. The molecular formula is C20H19FN2O3S. The van der Waals surface area contributed by atoms with Gasteiger partial charge in [0.25, 0.3) is 0 Å². The predicted octanol–water partition coefficient (Wildman–Crippen LogP) is 4.22. The van der Waals surface area contributed by atoms with Gasteiger partial charge in [0.05, 0.1) is 4.90 Å². The molecule has 2 aromatic carbocycles. The number of oxazole rings is 1. The smallest absolute Gasteiger partial charge is 0.236 e. The molecule has 0 bridgehead atoms. The summed E-state index contributed by atoms with van der Waals surface area (Å²) in [6.07, 6.45) is 1.94. The summed E-state index contributed by atoms with van der Waals surface area (Å²) in [6.45, 7) is 3.41. The summed E-state index contributed by atoms with van der Waals surface area (Å²) in [5.41, 5.74) is 1.80. The Labute approximate surface area is 157 Å². The summed E-state index contributed by atoms with van der Waals surface area (Å²) in [5, 5.41) is -0.119. The number of rotatable bonds is 4. The van der Waals surface area contributed by atoms with Crippen LogP contribution in [0.2, 0.25) is 0 Å². The van der Waals surface area contributed by atoms with E-state index >= 15 is 0 Å². The van der Waals surface area contributed by atoms with Crippen LogP contribution < -0.4 is 4.90 Å². The van der Waals surface area contributed by atoms with Crippen molar-refractivity contribution in [1.29, 1.82) is 0 Å². The van der Waals surface area contributed by atoms with E-state index in [9.17, 15) is 12.8 Å². The molecule has 5 nitrogen and oxygen atoms in total. The van der Waals surface area contributed by atoms with E-state index in [0.29, 0.717) is 18.7 Å². The molecule has 1 aliphatic rings. The number of benzene rings is 2. The molecule has 0 spiro atoms. The second-order valence-electron chi connectivity index (χ2n) is 6.65. The maximum Gasteiger partial charge on any atom is 0.236 e. The monoisotopic (exact) mass is 386 g/mol. The molecule has 140 valence electrons. The summed E-state index contributed by atoms with van der Waals surface area (Å²) in [7, 11) is -3.93. The van der Waals surface area contributed by atoms with Gasteiger partial charge in [0.1, 0.15) is 5.82 Å². The fraction of sp³-hybridized carbons (Fsp3) is 0.250. The molecule has 1 aliphatic heterocycles. The minimum Gasteiger partial charge on any atom is -0.419 e. The third-order valence-corrected chi connectivity index (χ3v) is 6.32. The number of anilines is 1. The highest BCUT2D eigenvalue weighted by Crippen LogP contribution is 2.36. The molecule has 0 amide bonds. The van der Waals surface area contributed by atoms with Gasteiger partial charge < -0.3 is 9.32 Å². The Balaban J connectivity index is 1.85. The van der Waals surface area contributed by atoms with Crippen molar-refractivity contribution >= 4 is 15.7 Å². The van der Waals surface area contributed by atoms with Gasteiger partial charge in [-0.15, -0.1) is 0 Å². The van der Waals surface area contributed by atoms with Crippen LogP contribution in [-0.4, -0.2) is 26.5 Å². The molecule has 0 atom stereocenters. The van der Waals surface area contributed by atoms with E-state index in [4.69, 9.17) is 4.42 Å². The number of nitrogens with zero attached hydrogens (tertiary/aromatic N) is 2. The van der Waals surface area contributed by atoms with Crippen molar-refractivity contribution in [2.24, 2.45) is 0 Å². The molecule has 0 saturated carbocycles. The highest BCUT2D eigenvalue weighted by Gasteiger charge is 2.32. The largest absolute Gasteiger partial charge is 0.419 e. The van der Waals surface area contributed by atoms with Crippen LogP contribution in [0.3, 0.4) is 0 Å². The fourth-order valence-electron chi connectivity index (χ4n) is 3.14. The van der Waals surface area contributed by atoms with Crippen LogP contribution in [0.25, 0.3) is 11.5 Å². The van der Waals surface area contributed by atoms with Crippen LogP contribution in [-0.2, 0) is 9.84 Å². The first kappa shape index (κ1) is 17.7. The maximum absolute atomic E-state index is 13.2. The first-order chi connectivity index (χ1) is 12.9. The van der Waals surface area contributed by atoms with Gasteiger partial charge in [-0.25, -0.2) is 12.8 Å². The van der Waals surface area contributed by atoms with Gasteiger partial charge in [-0.3, -0.25) is 0 Å². The zero-order chi connectivity index (χ0) is 19.0. The quantitative estimate of drug-likeness (QED) is 0.628. The third kappa shape index (κ3) is 3.35. The van der Waals surface area contributed by atoms with Crippen molar-refractivity contribution in [3.63, 3.8) is 0 Å². The highest BCUT2D eigenvalue weighted by atomic mass is 32.2. The molecule has 0 radical (unpaired) electrons. The summed E-state index contributed by atoms with van der Waals surface area (Å²) in [5.74, 6) is 0.0270. The van der Waals surface area contributed by atoms with E-state index in [1.807, 2.05) is 36.1 Å². The zero-order valence-corrected chi connectivity index (χ0v) is 15.7. The van der Waals surface area contributed by atoms with Gasteiger partial charge >= 0.3 is 0 Å². The minimum atomic E-state index is -3.93. The number of aryl methyl sites for hydroxylation is 1. The predicted molar refractivity (Wildman–Crippen MR) is 100.0 cm³/mol. The molecule has 1 saturated heterocycles. The lowest BCUT2D eigenvalue weighted by molar-refractivity contribution is 0.556. The van der Waals surface area contributed by atoms with Crippen LogP contribution in [0.4, 0.5) is 10.3 Å². The van der Waals surface area contributed by atoms with Crippen LogP contribution in [0.15, 0.2) is 62.9 Å². The third-order valence-electron chi connectivity index (χ3n) is 4.65. The highest BCUT2D eigenvalue weighted by molar-refractivity contribution is 7.91. The van der Waals surface area contributed by atoms with Gasteiger partial charge in [0, 0.05) is 18.7 Å². The SMILES string of the molecule is Cc1ccc(-c2nc(S(=O)(=O)c3ccc(F)cc3)c(N3CCCC3)o2)cc1. The van der Waals surface area contributed by atoms with Gasteiger partial charge in [0.2, 0.25) is 26.6 Å². The maximum atomic E-state index is 13.2. The minimum absolute atomic E-state index is 0.00639. The standard InChI is InChI=1S/C20H19FN2O3S/c1-14-4-6-15(7-5-14)18-22-19(20(26-18)23-12-2-3-13-23)27(24,25)17-10-8-16(21)9-11-17/h4-11H,2-3,12-13H2,1H3. The topological polar surface area (TPSA) is 63.4 Å². The van der Waals surface area contributed by atoms with E-state index in [1.165, 1.54) is 12.1 Å². The molecule has 0 N–H and O–H groups in total. The van der Waals surface area contributed by atoms with Crippen molar-refractivity contribution in [1.82, 2.24) is 4.98 Å². The van der Waals surface area contributed by atoms with E-state index < -0.39 is 15.7 Å². The molecule has 0 aliphatic carbocycles. The molecule has 1 aromatic heterocycles. The lowest BCUT2D eigenvalue weighted by atomic mass is 10.1. The average Bonchev–Trinajstić information content (AvgIpc) is 3.32. The normalized spacial score (nSPS) is 14.7. The van der Waals surface area contributed by atoms with E-state index in [-0.39, 0.29) is 21.7 Å². The number of sulfone groups is 1. The number of aromatic nitrogens is 1. The zero-order valence-electron chi connectivity index (χ0n) is 14.9. The fourth-order valence-corrected chi connectivity index (χ4v) is 4.46. The summed E-state index contributed by atoms with van der Waals surface area (Å²) in [6, 6.07) is 12.3. The number of hydrogen-bond acceptors (Lipinski definition) is 5. The van der Waals surface area contributed by atoms with Gasteiger partial charge in [-0.1, -0.05) is 17.7 Å². The summed E-state index contributed by atoms with van der Waals surface area (Å²) < 4.78 is 45.4. The lowest BCUT2D eigenvalue weighted by Gasteiger charge is -2.14. The molecule has 3 aromatic rings. The summed E-state index contributed by atoms with van der Waals surface area (Å²) >= 11 is 0. The van der Waals surface area contributed by atoms with E-state index in [0.717, 1.165) is 30.5 Å². The molecule has 2 heterocycles. The lowest BCUT2D eigenvalue weighted by Crippen LogP contribution is -2.19. The number of halogens is 1. The van der Waals surface area contributed by atoms with Crippen LogP contribution in [0.1, 0.15) is 18.4 Å². The molecule has 0 unspecified atom stereocenters. The Hall–Kier alpha value is -2.67. The van der Waals surface area contributed by atoms with Gasteiger partial charge in [-0.05, 0) is 56.2 Å². The Bertz CT molecular complexity index is 1050. The van der Waals surface area contributed by atoms with Crippen molar-refractivity contribution < 1.29 is 17.2 Å². The Morgan fingerprint density at radius 2 is 1.63 bits per heavy atom. The van der Waals surface area contributed by atoms with Crippen molar-refractivity contribution in [3.8, 4) is 11.5 Å². The Morgan fingerprint density at radius 1 is 1.00 bits per heavy atom. The van der Waals surface area contributed by atoms with E-state index in [2.05, 4.69) is 4.98 Å². The van der Waals surface area contributed by atoms with E-state index in [1.54, 1.807) is 0 Å². The summed E-state index contributed by atoms with van der Waals surface area (Å²) in [4.78, 5) is 6.23. The molecular weight excluding hydrogens is 367 g/mol. The molecule has 4 rings (SSSR count). The molecule has 7 heteroatoms. The van der Waals surface area contributed by atoms with Gasteiger partial charge in [0.15, 0.2) is 0 Å². The van der Waals surface area contributed by atoms with Crippen LogP contribution in [0.5, 0.6) is 0 Å². The number of hydrogen-bond donors (Lipinski definition) is 0. The first-order valence-corrected chi connectivity index (χ1v) is 10.3. The van der Waals surface area contributed by atoms with Crippen LogP contribution in [0, 0.1) is 12.7 Å². The Kier molecular flexibility index (Phi) is 4.47. The molecule has 27 heavy (non-hydrogen) atoms. The van der Waals surface area contributed by atoms with Crippen molar-refractivity contribution in [2.75, 3.05) is 18.0 Å². The van der Waals surface area contributed by atoms with Crippen LogP contribution >= 0.6 is 0 Å². The van der Waals surface area contributed by atoms with Gasteiger partial charge in [-0.2, -0.15) is 4.98 Å². The molecule has 1 fully saturated rings. The second-order valence-corrected chi connectivity index (χ2v) is 8.51. The average molecular weight is 386 g/mol.